The van der Waals surface area contributed by atoms with Crippen LogP contribution in [0.4, 0.5) is 22.0 Å². The molecule has 1 aromatic rings. The van der Waals surface area contributed by atoms with Crippen LogP contribution in [0.15, 0.2) is 12.1 Å². The Balaban J connectivity index is 2.83. The first-order chi connectivity index (χ1) is 7.72. The number of benzene rings is 1. The van der Waals surface area contributed by atoms with E-state index in [1.165, 1.54) is 19.1 Å². The predicted octanol–water partition coefficient (Wildman–Crippen LogP) is 3.62. The molecule has 1 nitrogen and oxygen atoms in total. The fourth-order valence-electron chi connectivity index (χ4n) is 1.42. The second kappa shape index (κ2) is 5.00. The van der Waals surface area contributed by atoms with Gasteiger partial charge in [0.1, 0.15) is 0 Å². The smallest absolute Gasteiger partial charge is 0.324 e. The Morgan fingerprint density at radius 1 is 1.18 bits per heavy atom. The highest BCUT2D eigenvalue weighted by molar-refractivity contribution is 5.27. The van der Waals surface area contributed by atoms with Gasteiger partial charge in [0.05, 0.1) is 0 Å². The molecule has 2 N–H and O–H groups in total. The minimum atomic E-state index is -4.35. The summed E-state index contributed by atoms with van der Waals surface area (Å²) in [6.45, 7) is 1.36. The third-order valence-electron chi connectivity index (χ3n) is 2.44. The molecule has 1 aromatic carbocycles. The fourth-order valence-corrected chi connectivity index (χ4v) is 1.42. The summed E-state index contributed by atoms with van der Waals surface area (Å²) < 4.78 is 62.4. The van der Waals surface area contributed by atoms with Crippen LogP contribution in [0.2, 0.25) is 0 Å². The molecule has 1 atom stereocenters. The van der Waals surface area contributed by atoms with Crippen molar-refractivity contribution in [3.8, 4) is 0 Å². The molecule has 0 bridgehead atoms. The minimum absolute atomic E-state index is 0.0919. The lowest BCUT2D eigenvalue weighted by Crippen LogP contribution is -2.17. The first-order valence-electron chi connectivity index (χ1n) is 4.99. The minimum Gasteiger partial charge on any atom is -0.324 e. The summed E-state index contributed by atoms with van der Waals surface area (Å²) in [6, 6.07) is 1.35. The lowest BCUT2D eigenvalue weighted by atomic mass is 10.0. The molecular weight excluding hydrogens is 241 g/mol. The highest BCUT2D eigenvalue weighted by Gasteiger charge is 2.28. The van der Waals surface area contributed by atoms with Crippen molar-refractivity contribution >= 4 is 0 Å². The van der Waals surface area contributed by atoms with Crippen molar-refractivity contribution < 1.29 is 22.0 Å². The average molecular weight is 253 g/mol. The molecule has 0 aliphatic heterocycles. The first kappa shape index (κ1) is 13.9. The summed E-state index contributed by atoms with van der Waals surface area (Å²) in [7, 11) is 0. The van der Waals surface area contributed by atoms with Gasteiger partial charge >= 0.3 is 6.18 Å². The van der Waals surface area contributed by atoms with E-state index in [-0.39, 0.29) is 11.1 Å². The van der Waals surface area contributed by atoms with Crippen molar-refractivity contribution in [3.63, 3.8) is 0 Å². The summed E-state index contributed by atoms with van der Waals surface area (Å²) in [5.74, 6) is -2.23. The van der Waals surface area contributed by atoms with Crippen LogP contribution in [-0.2, 0) is 0 Å². The third-order valence-corrected chi connectivity index (χ3v) is 2.44. The van der Waals surface area contributed by atoms with E-state index in [1.54, 1.807) is 0 Å². The summed E-state index contributed by atoms with van der Waals surface area (Å²) in [5, 5.41) is 0. The highest BCUT2D eigenvalue weighted by Crippen LogP contribution is 2.28. The van der Waals surface area contributed by atoms with Crippen LogP contribution < -0.4 is 5.73 Å². The second-order valence-electron chi connectivity index (χ2n) is 3.86. The van der Waals surface area contributed by atoms with Crippen LogP contribution in [0.25, 0.3) is 0 Å². The monoisotopic (exact) mass is 253 g/mol. The zero-order chi connectivity index (χ0) is 13.2. The Labute approximate surface area is 95.4 Å². The molecule has 0 spiro atoms. The van der Waals surface area contributed by atoms with Crippen LogP contribution in [0.1, 0.15) is 30.0 Å². The lowest BCUT2D eigenvalue weighted by Gasteiger charge is -2.15. The number of alkyl halides is 3. The molecule has 0 amide bonds. The van der Waals surface area contributed by atoms with Gasteiger partial charge in [-0.15, -0.1) is 0 Å². The molecule has 17 heavy (non-hydrogen) atoms. The van der Waals surface area contributed by atoms with Crippen LogP contribution in [0, 0.1) is 18.6 Å². The Kier molecular flexibility index (Phi) is 4.08. The van der Waals surface area contributed by atoms with Gasteiger partial charge in [-0.25, -0.2) is 8.78 Å². The van der Waals surface area contributed by atoms with Crippen molar-refractivity contribution in [2.45, 2.75) is 32.0 Å². The average Bonchev–Trinajstić information content (AvgIpc) is 2.22. The van der Waals surface area contributed by atoms with Crippen molar-refractivity contribution in [2.75, 3.05) is 0 Å². The van der Waals surface area contributed by atoms with Gasteiger partial charge in [0.25, 0.3) is 0 Å². The summed E-state index contributed by atoms with van der Waals surface area (Å²) in [5.41, 5.74) is 5.28. The molecule has 0 fully saturated rings. The zero-order valence-electron chi connectivity index (χ0n) is 9.11. The van der Waals surface area contributed by atoms with Gasteiger partial charge in [0.2, 0.25) is 0 Å². The van der Waals surface area contributed by atoms with Crippen LogP contribution in [0.5, 0.6) is 0 Å². The van der Waals surface area contributed by atoms with E-state index in [4.69, 9.17) is 5.73 Å². The topological polar surface area (TPSA) is 26.0 Å². The molecule has 0 aliphatic carbocycles. The van der Waals surface area contributed by atoms with Crippen LogP contribution >= 0.6 is 0 Å². The molecule has 0 aliphatic rings. The Hall–Kier alpha value is -1.17. The van der Waals surface area contributed by atoms with Gasteiger partial charge in [0.15, 0.2) is 11.6 Å². The zero-order valence-corrected chi connectivity index (χ0v) is 9.11. The Bertz CT molecular complexity index is 400. The number of rotatable bonds is 3. The van der Waals surface area contributed by atoms with Crippen molar-refractivity contribution in [3.05, 3.63) is 34.9 Å². The van der Waals surface area contributed by atoms with E-state index in [2.05, 4.69) is 0 Å². The number of hydrogen-bond acceptors (Lipinski definition) is 1. The van der Waals surface area contributed by atoms with Gasteiger partial charge in [-0.2, -0.15) is 13.2 Å². The van der Waals surface area contributed by atoms with Crippen LogP contribution in [0.3, 0.4) is 0 Å². The quantitative estimate of drug-likeness (QED) is 0.818. The van der Waals surface area contributed by atoms with E-state index in [1.807, 2.05) is 0 Å². The van der Waals surface area contributed by atoms with Gasteiger partial charge in [-0.05, 0) is 18.9 Å². The number of aryl methyl sites for hydroxylation is 1. The van der Waals surface area contributed by atoms with E-state index < -0.39 is 36.7 Å². The van der Waals surface area contributed by atoms with Crippen molar-refractivity contribution in [2.24, 2.45) is 5.73 Å². The lowest BCUT2D eigenvalue weighted by molar-refractivity contribution is -0.136. The molecule has 0 heterocycles. The molecule has 0 saturated heterocycles. The maximum atomic E-state index is 13.4. The molecule has 1 unspecified atom stereocenters. The van der Waals surface area contributed by atoms with Crippen molar-refractivity contribution in [1.29, 1.82) is 0 Å². The standard InChI is InChI=1S/C11H12F5N/c1-6-2-3-7(10(13)9(6)12)8(17)4-5-11(14,15)16/h2-3,8H,4-5,17H2,1H3. The largest absolute Gasteiger partial charge is 0.389 e. The highest BCUT2D eigenvalue weighted by atomic mass is 19.4. The van der Waals surface area contributed by atoms with E-state index in [0.717, 1.165) is 0 Å². The van der Waals surface area contributed by atoms with E-state index in [9.17, 15) is 22.0 Å². The Morgan fingerprint density at radius 2 is 1.76 bits per heavy atom. The summed E-state index contributed by atoms with van der Waals surface area (Å²) in [6.07, 6.45) is -5.94. The second-order valence-corrected chi connectivity index (χ2v) is 3.86. The molecule has 0 radical (unpaired) electrons. The molecule has 0 saturated carbocycles. The summed E-state index contributed by atoms with van der Waals surface area (Å²) >= 11 is 0. The Morgan fingerprint density at radius 3 is 2.29 bits per heavy atom. The molecule has 96 valence electrons. The molecule has 1 rings (SSSR count). The predicted molar refractivity (Wildman–Crippen MR) is 53.3 cm³/mol. The normalized spacial score (nSPS) is 13.8. The molecule has 6 heteroatoms. The number of halogens is 5. The maximum Gasteiger partial charge on any atom is 0.389 e. The first-order valence-corrected chi connectivity index (χ1v) is 4.99. The van der Waals surface area contributed by atoms with Crippen LogP contribution in [-0.4, -0.2) is 6.18 Å². The molecular formula is C11H12F5N. The summed E-state index contributed by atoms with van der Waals surface area (Å²) in [4.78, 5) is 0. The SMILES string of the molecule is Cc1ccc(C(N)CCC(F)(F)F)c(F)c1F. The number of hydrogen-bond donors (Lipinski definition) is 1. The third kappa shape index (κ3) is 3.66. The van der Waals surface area contributed by atoms with E-state index >= 15 is 0 Å². The fraction of sp³-hybridized carbons (Fsp3) is 0.455. The van der Waals surface area contributed by atoms with E-state index in [0.29, 0.717) is 0 Å². The van der Waals surface area contributed by atoms with Gasteiger partial charge in [-0.3, -0.25) is 0 Å². The van der Waals surface area contributed by atoms with Gasteiger partial charge in [-0.1, -0.05) is 12.1 Å². The van der Waals surface area contributed by atoms with Gasteiger partial charge in [0, 0.05) is 18.0 Å². The van der Waals surface area contributed by atoms with Gasteiger partial charge < -0.3 is 5.73 Å². The molecule has 0 aromatic heterocycles. The maximum absolute atomic E-state index is 13.4. The van der Waals surface area contributed by atoms with Crippen molar-refractivity contribution in [1.82, 2.24) is 0 Å². The number of nitrogens with two attached hydrogens (primary N) is 1.